The van der Waals surface area contributed by atoms with E-state index in [4.69, 9.17) is 4.74 Å². The van der Waals surface area contributed by atoms with Crippen LogP contribution in [-0.4, -0.2) is 19.3 Å². The van der Waals surface area contributed by atoms with Crippen LogP contribution in [0.5, 0.6) is 5.75 Å². The number of rotatable bonds is 4. The molecule has 0 radical (unpaired) electrons. The van der Waals surface area contributed by atoms with E-state index in [1.165, 1.54) is 7.11 Å². The zero-order valence-corrected chi connectivity index (χ0v) is 11.3. The van der Waals surface area contributed by atoms with Crippen LogP contribution in [-0.2, 0) is 0 Å². The molecule has 2 rings (SSSR count). The molecule has 0 fully saturated rings. The van der Waals surface area contributed by atoms with Gasteiger partial charge in [0.2, 0.25) is 0 Å². The highest BCUT2D eigenvalue weighted by Crippen LogP contribution is 2.25. The maximum atomic E-state index is 12.1. The molecule has 102 valence electrons. The van der Waals surface area contributed by atoms with Crippen molar-refractivity contribution in [3.8, 4) is 5.75 Å². The third kappa shape index (κ3) is 3.03. The van der Waals surface area contributed by atoms with Gasteiger partial charge in [-0.25, -0.2) is 0 Å². The number of aryl methyl sites for hydroxylation is 1. The van der Waals surface area contributed by atoms with Crippen LogP contribution in [0.25, 0.3) is 0 Å². The Labute approximate surface area is 117 Å². The fraction of sp³-hybridized carbons (Fsp3) is 0.125. The summed E-state index contributed by atoms with van der Waals surface area (Å²) in [5.74, 6) is 0.266. The number of amides is 1. The Kier molecular flexibility index (Phi) is 4.15. The Bertz CT molecular complexity index is 633. The van der Waals surface area contributed by atoms with Crippen molar-refractivity contribution in [2.45, 2.75) is 6.92 Å². The number of nitrogens with one attached hydrogen (secondary N) is 1. The van der Waals surface area contributed by atoms with Gasteiger partial charge in [0.1, 0.15) is 12.0 Å². The lowest BCUT2D eigenvalue weighted by molar-refractivity contribution is 0.102. The maximum Gasteiger partial charge on any atom is 0.255 e. The van der Waals surface area contributed by atoms with Crippen LogP contribution in [0.2, 0.25) is 0 Å². The molecule has 20 heavy (non-hydrogen) atoms. The van der Waals surface area contributed by atoms with Crippen LogP contribution in [0.1, 0.15) is 26.3 Å². The smallest absolute Gasteiger partial charge is 0.255 e. The Morgan fingerprint density at radius 2 is 1.85 bits per heavy atom. The Morgan fingerprint density at radius 3 is 2.45 bits per heavy atom. The van der Waals surface area contributed by atoms with Crippen molar-refractivity contribution < 1.29 is 14.3 Å². The molecule has 0 aliphatic heterocycles. The van der Waals surface area contributed by atoms with Gasteiger partial charge in [-0.2, -0.15) is 0 Å². The molecule has 0 aromatic heterocycles. The van der Waals surface area contributed by atoms with Crippen LogP contribution < -0.4 is 10.1 Å². The summed E-state index contributed by atoms with van der Waals surface area (Å²) in [4.78, 5) is 22.9. The van der Waals surface area contributed by atoms with E-state index < -0.39 is 0 Å². The largest absolute Gasteiger partial charge is 0.495 e. The number of carbonyl (C=O) groups excluding carboxylic acids is 2. The maximum absolute atomic E-state index is 12.1. The van der Waals surface area contributed by atoms with Crippen LogP contribution in [0.3, 0.4) is 0 Å². The van der Waals surface area contributed by atoms with Crippen LogP contribution in [0.4, 0.5) is 5.69 Å². The SMILES string of the molecule is COc1ccc(C=O)cc1NC(=O)c1ccc(C)cc1. The highest BCUT2D eigenvalue weighted by molar-refractivity contribution is 6.05. The van der Waals surface area contributed by atoms with Gasteiger partial charge in [0.25, 0.3) is 5.91 Å². The van der Waals surface area contributed by atoms with Crippen molar-refractivity contribution in [1.82, 2.24) is 0 Å². The first-order chi connectivity index (χ1) is 9.63. The summed E-state index contributed by atoms with van der Waals surface area (Å²) in [5.41, 5.74) is 2.59. The average molecular weight is 269 g/mol. The number of aldehydes is 1. The monoisotopic (exact) mass is 269 g/mol. The van der Waals surface area contributed by atoms with E-state index in [0.29, 0.717) is 22.6 Å². The molecular formula is C16H15NO3. The number of ether oxygens (including phenoxy) is 1. The molecule has 0 saturated carbocycles. The fourth-order valence-electron chi connectivity index (χ4n) is 1.80. The van der Waals surface area contributed by atoms with Gasteiger partial charge in [0, 0.05) is 11.1 Å². The minimum absolute atomic E-state index is 0.244. The van der Waals surface area contributed by atoms with Gasteiger partial charge >= 0.3 is 0 Å². The number of hydrogen-bond donors (Lipinski definition) is 1. The number of carbonyl (C=O) groups is 2. The molecule has 1 amide bonds. The van der Waals surface area contributed by atoms with E-state index in [2.05, 4.69) is 5.32 Å². The van der Waals surface area contributed by atoms with Crippen LogP contribution in [0, 0.1) is 6.92 Å². The second-order valence-electron chi connectivity index (χ2n) is 4.40. The Morgan fingerprint density at radius 1 is 1.15 bits per heavy atom. The van der Waals surface area contributed by atoms with Crippen molar-refractivity contribution in [3.63, 3.8) is 0 Å². The molecule has 0 bridgehead atoms. The van der Waals surface area contributed by atoms with Crippen molar-refractivity contribution in [1.29, 1.82) is 0 Å². The molecule has 0 atom stereocenters. The standard InChI is InChI=1S/C16H15NO3/c1-11-3-6-13(7-4-11)16(19)17-14-9-12(10-18)5-8-15(14)20-2/h3-10H,1-2H3,(H,17,19). The normalized spacial score (nSPS) is 9.90. The van der Waals surface area contributed by atoms with E-state index in [9.17, 15) is 9.59 Å². The lowest BCUT2D eigenvalue weighted by Gasteiger charge is -2.10. The van der Waals surface area contributed by atoms with Crippen LogP contribution in [0.15, 0.2) is 42.5 Å². The first-order valence-electron chi connectivity index (χ1n) is 6.15. The van der Waals surface area contributed by atoms with Crippen LogP contribution >= 0.6 is 0 Å². The lowest BCUT2D eigenvalue weighted by atomic mass is 10.1. The van der Waals surface area contributed by atoms with Gasteiger partial charge in [-0.3, -0.25) is 9.59 Å². The van der Waals surface area contributed by atoms with E-state index >= 15 is 0 Å². The first-order valence-corrected chi connectivity index (χ1v) is 6.15. The third-order valence-electron chi connectivity index (χ3n) is 2.92. The quantitative estimate of drug-likeness (QED) is 0.868. The minimum Gasteiger partial charge on any atom is -0.495 e. The minimum atomic E-state index is -0.244. The number of methoxy groups -OCH3 is 1. The van der Waals surface area contributed by atoms with E-state index in [0.717, 1.165) is 11.8 Å². The van der Waals surface area contributed by atoms with Gasteiger partial charge in [-0.15, -0.1) is 0 Å². The van der Waals surface area contributed by atoms with Crippen molar-refractivity contribution in [2.75, 3.05) is 12.4 Å². The molecule has 2 aromatic carbocycles. The molecule has 2 aromatic rings. The fourth-order valence-corrected chi connectivity index (χ4v) is 1.80. The number of anilines is 1. The number of hydrogen-bond acceptors (Lipinski definition) is 3. The van der Waals surface area contributed by atoms with Gasteiger partial charge in [-0.05, 0) is 37.3 Å². The summed E-state index contributed by atoms with van der Waals surface area (Å²) in [6.07, 6.45) is 0.723. The first kappa shape index (κ1) is 13.8. The molecule has 0 heterocycles. The second kappa shape index (κ2) is 6.02. The molecule has 0 spiro atoms. The summed E-state index contributed by atoms with van der Waals surface area (Å²) in [5, 5.41) is 2.75. The molecule has 4 nitrogen and oxygen atoms in total. The van der Waals surface area contributed by atoms with Gasteiger partial charge < -0.3 is 10.1 Å². The van der Waals surface area contributed by atoms with Crippen molar-refractivity contribution in [2.24, 2.45) is 0 Å². The van der Waals surface area contributed by atoms with E-state index in [1.54, 1.807) is 30.3 Å². The van der Waals surface area contributed by atoms with Gasteiger partial charge in [-0.1, -0.05) is 17.7 Å². The van der Waals surface area contributed by atoms with Gasteiger partial charge in [0.15, 0.2) is 0 Å². The third-order valence-corrected chi connectivity index (χ3v) is 2.92. The topological polar surface area (TPSA) is 55.4 Å². The molecule has 0 saturated heterocycles. The zero-order chi connectivity index (χ0) is 14.5. The zero-order valence-electron chi connectivity index (χ0n) is 11.3. The Hall–Kier alpha value is -2.62. The van der Waals surface area contributed by atoms with E-state index in [-0.39, 0.29) is 5.91 Å². The molecular weight excluding hydrogens is 254 g/mol. The van der Waals surface area contributed by atoms with Crippen molar-refractivity contribution in [3.05, 3.63) is 59.2 Å². The molecule has 0 unspecified atom stereocenters. The predicted molar refractivity (Wildman–Crippen MR) is 77.5 cm³/mol. The predicted octanol–water partition coefficient (Wildman–Crippen LogP) is 3.07. The highest BCUT2D eigenvalue weighted by Gasteiger charge is 2.10. The highest BCUT2D eigenvalue weighted by atomic mass is 16.5. The number of benzene rings is 2. The summed E-state index contributed by atoms with van der Waals surface area (Å²) in [6.45, 7) is 1.96. The molecule has 0 aliphatic rings. The summed E-state index contributed by atoms with van der Waals surface area (Å²) in [6, 6.07) is 12.1. The summed E-state index contributed by atoms with van der Waals surface area (Å²) < 4.78 is 5.17. The summed E-state index contributed by atoms with van der Waals surface area (Å²) >= 11 is 0. The molecule has 1 N–H and O–H groups in total. The Balaban J connectivity index is 2.26. The average Bonchev–Trinajstić information content (AvgIpc) is 2.47. The molecule has 0 aliphatic carbocycles. The molecule has 4 heteroatoms. The lowest BCUT2D eigenvalue weighted by Crippen LogP contribution is -2.12. The second-order valence-corrected chi connectivity index (χ2v) is 4.40. The van der Waals surface area contributed by atoms with E-state index in [1.807, 2.05) is 19.1 Å². The van der Waals surface area contributed by atoms with Gasteiger partial charge in [0.05, 0.1) is 12.8 Å². The summed E-state index contributed by atoms with van der Waals surface area (Å²) in [7, 11) is 1.51. The van der Waals surface area contributed by atoms with Crippen molar-refractivity contribution >= 4 is 17.9 Å².